The van der Waals surface area contributed by atoms with Gasteiger partial charge in [-0.2, -0.15) is 4.21 Å². The molecule has 3 aromatic carbocycles. The van der Waals surface area contributed by atoms with E-state index >= 15 is 0 Å². The Morgan fingerprint density at radius 1 is 0.657 bits per heavy atom. The first-order valence-corrected chi connectivity index (χ1v) is 12.6. The Kier molecular flexibility index (Phi) is 8.33. The Hall–Kier alpha value is -2.43. The summed E-state index contributed by atoms with van der Waals surface area (Å²) in [5, 5.41) is 0. The van der Waals surface area contributed by atoms with Gasteiger partial charge in [-0.05, 0) is 16.7 Å². The van der Waals surface area contributed by atoms with Crippen LogP contribution in [0.1, 0.15) is 16.7 Å². The fraction of sp³-hybridized carbons (Fsp3) is 0.333. The first-order chi connectivity index (χ1) is 17.3. The number of benzene rings is 3. The van der Waals surface area contributed by atoms with Crippen LogP contribution in [0.2, 0.25) is 0 Å². The van der Waals surface area contributed by atoms with Crippen LogP contribution in [0.3, 0.4) is 0 Å². The summed E-state index contributed by atoms with van der Waals surface area (Å²) in [6.45, 7) is 1.38. The van der Waals surface area contributed by atoms with Gasteiger partial charge in [-0.3, -0.25) is 4.18 Å². The second kappa shape index (κ2) is 12.0. The quantitative estimate of drug-likeness (QED) is 0.419. The average Bonchev–Trinajstić information content (AvgIpc) is 3.28. The molecule has 0 bridgehead atoms. The molecule has 1 unspecified atom stereocenters. The molecule has 0 N–H and O–H groups in total. The van der Waals surface area contributed by atoms with Gasteiger partial charge in [0.1, 0.15) is 18.3 Å². The van der Waals surface area contributed by atoms with Crippen LogP contribution in [0.15, 0.2) is 91.0 Å². The minimum absolute atomic E-state index is 0.249. The summed E-state index contributed by atoms with van der Waals surface area (Å²) in [7, 11) is 0. The van der Waals surface area contributed by atoms with Gasteiger partial charge in [0.05, 0.1) is 26.4 Å². The van der Waals surface area contributed by atoms with Crippen molar-refractivity contribution in [1.82, 2.24) is 0 Å². The highest BCUT2D eigenvalue weighted by Crippen LogP contribution is 2.35. The van der Waals surface area contributed by atoms with Gasteiger partial charge in [-0.25, -0.2) is 4.18 Å². The van der Waals surface area contributed by atoms with Crippen LogP contribution < -0.4 is 0 Å². The van der Waals surface area contributed by atoms with Crippen LogP contribution in [0.4, 0.5) is 0 Å². The van der Waals surface area contributed by atoms with Gasteiger partial charge in [-0.15, -0.1) is 0 Å². The summed E-state index contributed by atoms with van der Waals surface area (Å²) >= 11 is -1.92. The molecule has 2 heterocycles. The zero-order valence-corrected chi connectivity index (χ0v) is 20.0. The lowest BCUT2D eigenvalue weighted by atomic mass is 9.98. The van der Waals surface area contributed by atoms with Crippen LogP contribution in [0.5, 0.6) is 0 Å². The summed E-state index contributed by atoms with van der Waals surface area (Å²) in [6, 6.07) is 29.6. The number of hydrogen-bond donors (Lipinski definition) is 0. The zero-order chi connectivity index (χ0) is 23.9. The Bertz CT molecular complexity index is 1070. The molecule has 0 saturated carbocycles. The summed E-state index contributed by atoms with van der Waals surface area (Å²) in [5.41, 5.74) is 3.09. The fourth-order valence-corrected chi connectivity index (χ4v) is 4.91. The van der Waals surface area contributed by atoms with Crippen LogP contribution in [-0.2, 0) is 58.5 Å². The van der Waals surface area contributed by atoms with Crippen LogP contribution in [0.25, 0.3) is 0 Å². The second-order valence-corrected chi connectivity index (χ2v) is 9.22. The molecule has 2 fully saturated rings. The third-order valence-electron chi connectivity index (χ3n) is 5.92. The average molecular weight is 497 g/mol. The molecule has 6 atom stereocenters. The van der Waals surface area contributed by atoms with E-state index in [2.05, 4.69) is 0 Å². The van der Waals surface area contributed by atoms with E-state index < -0.39 is 42.1 Å². The third-order valence-corrected chi connectivity index (χ3v) is 6.64. The summed E-state index contributed by atoms with van der Waals surface area (Å²) in [4.78, 5) is 0. The highest BCUT2D eigenvalue weighted by atomic mass is 32.2. The molecule has 8 heteroatoms. The van der Waals surface area contributed by atoms with E-state index in [9.17, 15) is 4.21 Å². The monoisotopic (exact) mass is 496 g/mol. The van der Waals surface area contributed by atoms with E-state index in [4.69, 9.17) is 27.3 Å². The first-order valence-electron chi connectivity index (χ1n) is 11.6. The van der Waals surface area contributed by atoms with Gasteiger partial charge < -0.3 is 18.9 Å². The standard InChI is InChI=1S/C27H28O7S/c28-35-33-26-25(31-18-22-14-8-3-9-15-22)24(30-17-21-12-6-2-7-13-21)23(32-27(26)34-35)19-29-16-20-10-4-1-5-11-20/h1-15,23-27H,16-19H2/t23-,24-,25+,26-,27-,35?/m1/s1. The minimum atomic E-state index is -1.92. The number of rotatable bonds is 10. The van der Waals surface area contributed by atoms with E-state index in [1.807, 2.05) is 91.0 Å². The molecule has 7 nitrogen and oxygen atoms in total. The lowest BCUT2D eigenvalue weighted by Gasteiger charge is -2.41. The maximum Gasteiger partial charge on any atom is 0.307 e. The maximum absolute atomic E-state index is 12.1. The van der Waals surface area contributed by atoms with Crippen molar-refractivity contribution >= 4 is 11.4 Å². The lowest BCUT2D eigenvalue weighted by molar-refractivity contribution is -0.276. The molecule has 0 aliphatic carbocycles. The summed E-state index contributed by atoms with van der Waals surface area (Å²) < 4.78 is 47.8. The normalized spacial score (nSPS) is 28.0. The predicted molar refractivity (Wildman–Crippen MR) is 129 cm³/mol. The molecule has 3 aromatic rings. The van der Waals surface area contributed by atoms with Crippen LogP contribution in [0, 0.1) is 0 Å². The van der Waals surface area contributed by atoms with Crippen molar-refractivity contribution in [2.24, 2.45) is 0 Å². The predicted octanol–water partition coefficient (Wildman–Crippen LogP) is 4.09. The van der Waals surface area contributed by atoms with Crippen molar-refractivity contribution in [3.05, 3.63) is 108 Å². The summed E-state index contributed by atoms with van der Waals surface area (Å²) in [6.07, 6.45) is -3.14. The van der Waals surface area contributed by atoms with E-state index in [1.54, 1.807) is 0 Å². The van der Waals surface area contributed by atoms with Crippen molar-refractivity contribution in [2.75, 3.05) is 6.61 Å². The molecule has 2 saturated heterocycles. The van der Waals surface area contributed by atoms with Crippen molar-refractivity contribution in [3.8, 4) is 0 Å². The summed E-state index contributed by atoms with van der Waals surface area (Å²) in [5.74, 6) is 0. The van der Waals surface area contributed by atoms with Gasteiger partial charge in [0, 0.05) is 0 Å². The lowest BCUT2D eigenvalue weighted by Crippen LogP contribution is -2.59. The SMILES string of the molecule is O=S1O[C@H]2O[C@H](COCc3ccccc3)[C@@H](OCc3ccccc3)[C@H](OCc3ccccc3)[C@H]2O1. The van der Waals surface area contributed by atoms with E-state index in [-0.39, 0.29) is 6.61 Å². The third kappa shape index (κ3) is 6.42. The highest BCUT2D eigenvalue weighted by molar-refractivity contribution is 7.75. The van der Waals surface area contributed by atoms with Gasteiger partial charge >= 0.3 is 11.4 Å². The Morgan fingerprint density at radius 2 is 1.17 bits per heavy atom. The van der Waals surface area contributed by atoms with E-state index in [0.717, 1.165) is 16.7 Å². The van der Waals surface area contributed by atoms with Crippen LogP contribution in [-0.4, -0.2) is 41.5 Å². The number of ether oxygens (including phenoxy) is 4. The topological polar surface area (TPSA) is 72.5 Å². The minimum Gasteiger partial charge on any atom is -0.374 e. The molecule has 5 rings (SSSR count). The fourth-order valence-electron chi connectivity index (χ4n) is 4.18. The molecule has 0 spiro atoms. The second-order valence-electron chi connectivity index (χ2n) is 8.43. The molecular formula is C27H28O7S. The van der Waals surface area contributed by atoms with Crippen molar-refractivity contribution in [3.63, 3.8) is 0 Å². The van der Waals surface area contributed by atoms with Crippen LogP contribution >= 0.6 is 0 Å². The van der Waals surface area contributed by atoms with Gasteiger partial charge in [0.25, 0.3) is 0 Å². The zero-order valence-electron chi connectivity index (χ0n) is 19.1. The first kappa shape index (κ1) is 24.3. The molecule has 184 valence electrons. The Balaban J connectivity index is 1.33. The van der Waals surface area contributed by atoms with Crippen molar-refractivity contribution < 1.29 is 31.5 Å². The highest BCUT2D eigenvalue weighted by Gasteiger charge is 2.54. The van der Waals surface area contributed by atoms with E-state index in [0.29, 0.717) is 19.8 Å². The van der Waals surface area contributed by atoms with Crippen molar-refractivity contribution in [1.29, 1.82) is 0 Å². The molecule has 0 amide bonds. The molecule has 2 aliphatic heterocycles. The number of fused-ring (bicyclic) bond motifs is 1. The largest absolute Gasteiger partial charge is 0.374 e. The maximum atomic E-state index is 12.1. The van der Waals surface area contributed by atoms with Gasteiger partial charge in [0.2, 0.25) is 6.29 Å². The Morgan fingerprint density at radius 3 is 1.74 bits per heavy atom. The van der Waals surface area contributed by atoms with Gasteiger partial charge in [0.15, 0.2) is 6.10 Å². The number of hydrogen-bond acceptors (Lipinski definition) is 7. The molecule has 35 heavy (non-hydrogen) atoms. The molecule has 0 aromatic heterocycles. The van der Waals surface area contributed by atoms with Crippen molar-refractivity contribution in [2.45, 2.75) is 50.5 Å². The Labute approximate surface area is 207 Å². The van der Waals surface area contributed by atoms with E-state index in [1.165, 1.54) is 0 Å². The van der Waals surface area contributed by atoms with Gasteiger partial charge in [-0.1, -0.05) is 91.0 Å². The smallest absolute Gasteiger partial charge is 0.307 e. The molecule has 0 radical (unpaired) electrons. The molecule has 2 aliphatic rings. The molecular weight excluding hydrogens is 468 g/mol.